The van der Waals surface area contributed by atoms with E-state index >= 15 is 0 Å². The molecule has 2 saturated carbocycles. The van der Waals surface area contributed by atoms with Crippen LogP contribution in [0.4, 0.5) is 0 Å². The number of rotatable bonds is 5. The number of nitrogens with zero attached hydrogens (tertiary/aromatic N) is 1. The Morgan fingerprint density at radius 1 is 1.19 bits per heavy atom. The Hall–Kier alpha value is -0.0800. The van der Waals surface area contributed by atoms with Crippen molar-refractivity contribution in [3.63, 3.8) is 0 Å². The van der Waals surface area contributed by atoms with Crippen molar-refractivity contribution in [1.82, 2.24) is 10.2 Å². The summed E-state index contributed by atoms with van der Waals surface area (Å²) < 4.78 is 0. The zero-order valence-electron chi connectivity index (χ0n) is 10.8. The SMILES string of the molecule is CCC(NC1CN(C2CC2)CC1C)C1CC1. The molecule has 92 valence electrons. The summed E-state index contributed by atoms with van der Waals surface area (Å²) in [5.74, 6) is 1.86. The average Bonchev–Trinajstić information content (AvgIpc) is 3.15. The summed E-state index contributed by atoms with van der Waals surface area (Å²) in [4.78, 5) is 2.72. The molecule has 2 heteroatoms. The molecule has 1 aliphatic heterocycles. The van der Waals surface area contributed by atoms with Crippen molar-refractivity contribution in [1.29, 1.82) is 0 Å². The van der Waals surface area contributed by atoms with E-state index in [9.17, 15) is 0 Å². The lowest BCUT2D eigenvalue weighted by atomic mass is 10.0. The van der Waals surface area contributed by atoms with Crippen molar-refractivity contribution in [2.75, 3.05) is 13.1 Å². The first-order valence-corrected chi connectivity index (χ1v) is 7.28. The molecule has 1 N–H and O–H groups in total. The van der Waals surface area contributed by atoms with Gasteiger partial charge in [0.25, 0.3) is 0 Å². The predicted molar refractivity (Wildman–Crippen MR) is 67.5 cm³/mol. The van der Waals surface area contributed by atoms with Crippen LogP contribution in [-0.2, 0) is 0 Å². The number of hydrogen-bond donors (Lipinski definition) is 1. The molecule has 0 aromatic heterocycles. The molecule has 0 aromatic carbocycles. The van der Waals surface area contributed by atoms with Crippen LogP contribution in [0.25, 0.3) is 0 Å². The molecule has 0 bridgehead atoms. The lowest BCUT2D eigenvalue weighted by molar-refractivity contribution is 0.306. The van der Waals surface area contributed by atoms with Gasteiger partial charge < -0.3 is 5.32 Å². The molecule has 16 heavy (non-hydrogen) atoms. The maximum atomic E-state index is 3.95. The van der Waals surface area contributed by atoms with Gasteiger partial charge in [-0.25, -0.2) is 0 Å². The fourth-order valence-corrected chi connectivity index (χ4v) is 3.32. The summed E-state index contributed by atoms with van der Waals surface area (Å²) in [6.45, 7) is 7.42. The van der Waals surface area contributed by atoms with Crippen molar-refractivity contribution in [2.45, 2.75) is 64.1 Å². The fourth-order valence-electron chi connectivity index (χ4n) is 3.32. The van der Waals surface area contributed by atoms with E-state index in [0.717, 1.165) is 30.0 Å². The molecule has 3 rings (SSSR count). The summed E-state index contributed by atoms with van der Waals surface area (Å²) in [6, 6.07) is 2.54. The molecule has 3 atom stereocenters. The number of hydrogen-bond acceptors (Lipinski definition) is 2. The van der Waals surface area contributed by atoms with Gasteiger partial charge in [-0.3, -0.25) is 4.90 Å². The van der Waals surface area contributed by atoms with Crippen LogP contribution in [0.5, 0.6) is 0 Å². The van der Waals surface area contributed by atoms with Crippen LogP contribution in [0.15, 0.2) is 0 Å². The maximum Gasteiger partial charge on any atom is 0.0235 e. The van der Waals surface area contributed by atoms with E-state index in [1.807, 2.05) is 0 Å². The van der Waals surface area contributed by atoms with Crippen LogP contribution in [-0.4, -0.2) is 36.1 Å². The molecule has 0 radical (unpaired) electrons. The number of likely N-dealkylation sites (tertiary alicyclic amines) is 1. The van der Waals surface area contributed by atoms with Crippen molar-refractivity contribution in [3.8, 4) is 0 Å². The molecular weight excluding hydrogens is 196 g/mol. The molecule has 0 spiro atoms. The standard InChI is InChI=1S/C14H26N2/c1-3-13(11-4-5-11)15-14-9-16(8-10(14)2)12-6-7-12/h10-15H,3-9H2,1-2H3. The van der Waals surface area contributed by atoms with Crippen molar-refractivity contribution in [2.24, 2.45) is 11.8 Å². The second-order valence-corrected chi connectivity index (χ2v) is 6.29. The van der Waals surface area contributed by atoms with Crippen molar-refractivity contribution in [3.05, 3.63) is 0 Å². The first kappa shape index (κ1) is 11.0. The van der Waals surface area contributed by atoms with E-state index in [-0.39, 0.29) is 0 Å². The molecule has 0 amide bonds. The smallest absolute Gasteiger partial charge is 0.0235 e. The van der Waals surface area contributed by atoms with Gasteiger partial charge in [0, 0.05) is 31.2 Å². The largest absolute Gasteiger partial charge is 0.309 e. The summed E-state index contributed by atoms with van der Waals surface area (Å²) >= 11 is 0. The van der Waals surface area contributed by atoms with Crippen molar-refractivity contribution >= 4 is 0 Å². The quantitative estimate of drug-likeness (QED) is 0.767. The lowest BCUT2D eigenvalue weighted by Crippen LogP contribution is -2.43. The van der Waals surface area contributed by atoms with E-state index < -0.39 is 0 Å². The second kappa shape index (κ2) is 4.30. The van der Waals surface area contributed by atoms with Gasteiger partial charge in [0.1, 0.15) is 0 Å². The van der Waals surface area contributed by atoms with Crippen molar-refractivity contribution < 1.29 is 0 Å². The second-order valence-electron chi connectivity index (χ2n) is 6.29. The van der Waals surface area contributed by atoms with Gasteiger partial charge in [-0.1, -0.05) is 13.8 Å². The van der Waals surface area contributed by atoms with E-state index in [2.05, 4.69) is 24.1 Å². The van der Waals surface area contributed by atoms with E-state index in [1.54, 1.807) is 0 Å². The average molecular weight is 222 g/mol. The monoisotopic (exact) mass is 222 g/mol. The summed E-state index contributed by atoms with van der Waals surface area (Å²) in [5.41, 5.74) is 0. The van der Waals surface area contributed by atoms with Gasteiger partial charge in [0.05, 0.1) is 0 Å². The Morgan fingerprint density at radius 3 is 2.50 bits per heavy atom. The Morgan fingerprint density at radius 2 is 1.94 bits per heavy atom. The lowest BCUT2D eigenvalue weighted by Gasteiger charge is -2.24. The fraction of sp³-hybridized carbons (Fsp3) is 1.00. The van der Waals surface area contributed by atoms with E-state index in [1.165, 1.54) is 45.2 Å². The van der Waals surface area contributed by atoms with Gasteiger partial charge in [-0.15, -0.1) is 0 Å². The molecule has 2 nitrogen and oxygen atoms in total. The minimum atomic E-state index is 0.770. The molecule has 1 heterocycles. The highest BCUT2D eigenvalue weighted by molar-refractivity contribution is 4.97. The van der Waals surface area contributed by atoms with Crippen LogP contribution >= 0.6 is 0 Å². The van der Waals surface area contributed by atoms with Crippen LogP contribution in [0.1, 0.15) is 46.0 Å². The molecule has 3 unspecified atom stereocenters. The number of nitrogens with one attached hydrogen (secondary N) is 1. The molecule has 0 aromatic rings. The highest BCUT2D eigenvalue weighted by Crippen LogP contribution is 2.36. The Kier molecular flexibility index (Phi) is 2.97. The third-order valence-electron chi connectivity index (χ3n) is 4.76. The zero-order valence-corrected chi connectivity index (χ0v) is 10.8. The van der Waals surface area contributed by atoms with Crippen LogP contribution in [0.3, 0.4) is 0 Å². The minimum Gasteiger partial charge on any atom is -0.309 e. The van der Waals surface area contributed by atoms with E-state index in [0.29, 0.717) is 0 Å². The van der Waals surface area contributed by atoms with Crippen LogP contribution in [0.2, 0.25) is 0 Å². The summed E-state index contributed by atoms with van der Waals surface area (Å²) in [5, 5.41) is 3.95. The minimum absolute atomic E-state index is 0.770. The third-order valence-corrected chi connectivity index (χ3v) is 4.76. The Labute approximate surface area is 99.8 Å². The topological polar surface area (TPSA) is 15.3 Å². The molecule has 3 fully saturated rings. The van der Waals surface area contributed by atoms with Gasteiger partial charge >= 0.3 is 0 Å². The van der Waals surface area contributed by atoms with E-state index in [4.69, 9.17) is 0 Å². The molecule has 2 aliphatic carbocycles. The summed E-state index contributed by atoms with van der Waals surface area (Å²) in [6.07, 6.45) is 7.17. The van der Waals surface area contributed by atoms with Crippen LogP contribution in [0, 0.1) is 11.8 Å². The molecule has 3 aliphatic rings. The first-order valence-electron chi connectivity index (χ1n) is 7.28. The predicted octanol–water partition coefficient (Wildman–Crippen LogP) is 2.25. The van der Waals surface area contributed by atoms with Gasteiger partial charge in [0.15, 0.2) is 0 Å². The van der Waals surface area contributed by atoms with Gasteiger partial charge in [-0.2, -0.15) is 0 Å². The van der Waals surface area contributed by atoms with Gasteiger partial charge in [0.2, 0.25) is 0 Å². The third kappa shape index (κ3) is 2.28. The molecule has 1 saturated heterocycles. The first-order chi connectivity index (χ1) is 7.78. The summed E-state index contributed by atoms with van der Waals surface area (Å²) in [7, 11) is 0. The zero-order chi connectivity index (χ0) is 11.1. The highest BCUT2D eigenvalue weighted by atomic mass is 15.2. The normalized spacial score (nSPS) is 37.9. The van der Waals surface area contributed by atoms with Crippen LogP contribution < -0.4 is 5.32 Å². The molecular formula is C14H26N2. The van der Waals surface area contributed by atoms with Gasteiger partial charge in [-0.05, 0) is 43.9 Å². The Bertz CT molecular complexity index is 245. The Balaban J connectivity index is 1.53. The highest BCUT2D eigenvalue weighted by Gasteiger charge is 2.40. The maximum absolute atomic E-state index is 3.95.